The summed E-state index contributed by atoms with van der Waals surface area (Å²) in [7, 11) is 0. The third-order valence-corrected chi connectivity index (χ3v) is 7.55. The van der Waals surface area contributed by atoms with Gasteiger partial charge in [-0.1, -0.05) is 6.92 Å². The lowest BCUT2D eigenvalue weighted by molar-refractivity contribution is -0.152. The predicted molar refractivity (Wildman–Crippen MR) is 113 cm³/mol. The third-order valence-electron chi connectivity index (χ3n) is 7.55. The highest BCUT2D eigenvalue weighted by Crippen LogP contribution is 2.54. The minimum absolute atomic E-state index is 0.111. The van der Waals surface area contributed by atoms with Crippen LogP contribution in [0.15, 0.2) is 23.0 Å². The van der Waals surface area contributed by atoms with Crippen LogP contribution >= 0.6 is 0 Å². The van der Waals surface area contributed by atoms with Gasteiger partial charge in [0, 0.05) is 35.2 Å². The van der Waals surface area contributed by atoms with Gasteiger partial charge in [-0.05, 0) is 43.2 Å². The number of nitrogens with one attached hydrogen (secondary N) is 1. The van der Waals surface area contributed by atoms with Crippen molar-refractivity contribution in [2.24, 2.45) is 23.5 Å². The highest BCUT2D eigenvalue weighted by Gasteiger charge is 2.62. The van der Waals surface area contributed by atoms with Crippen LogP contribution in [0.2, 0.25) is 0 Å². The molecule has 3 aliphatic carbocycles. The van der Waals surface area contributed by atoms with E-state index < -0.39 is 57.9 Å². The van der Waals surface area contributed by atoms with E-state index in [0.29, 0.717) is 24.0 Å². The molecule has 0 radical (unpaired) electrons. The van der Waals surface area contributed by atoms with Crippen molar-refractivity contribution < 1.29 is 34.8 Å². The first-order valence-electron chi connectivity index (χ1n) is 10.7. The number of Topliss-reactive ketones (excluding diaryl/α,β-unsaturated/α-hetero) is 2. The predicted octanol–water partition coefficient (Wildman–Crippen LogP) is 1.03. The number of aliphatic hydroxyl groups is 3. The van der Waals surface area contributed by atoms with E-state index in [2.05, 4.69) is 5.32 Å². The van der Waals surface area contributed by atoms with Crippen LogP contribution in [-0.2, 0) is 27.2 Å². The standard InChI is InChI=1S/C23H24N2O7/c1-8-12-6-9-5-10-7-13-11(3-2-4-25-13)18(27)14(10)19(28)15(9)20(29)23(12,32)21(30)16(17(8)26)22(24)31/h7-9,12,25,27-28,30,32H,2-6H2,1H3,(H2,24,31)/t8-,9-,12-,23-/m0/s1. The zero-order valence-electron chi connectivity index (χ0n) is 17.4. The second-order valence-electron chi connectivity index (χ2n) is 9.16. The van der Waals surface area contributed by atoms with E-state index in [9.17, 15) is 34.8 Å². The largest absolute Gasteiger partial charge is 0.508 e. The molecule has 9 nitrogen and oxygen atoms in total. The highest BCUT2D eigenvalue weighted by atomic mass is 16.3. The number of phenols is 1. The minimum atomic E-state index is -2.56. The first-order chi connectivity index (χ1) is 15.1. The number of aliphatic hydroxyl groups excluding tert-OH is 2. The third kappa shape index (κ3) is 2.39. The Bertz CT molecular complexity index is 1180. The fraction of sp³-hybridized carbons (Fsp3) is 0.435. The topological polar surface area (TPSA) is 170 Å². The second-order valence-corrected chi connectivity index (χ2v) is 9.16. The van der Waals surface area contributed by atoms with Gasteiger partial charge in [0.2, 0.25) is 5.78 Å². The van der Waals surface area contributed by atoms with Crippen molar-refractivity contribution in [1.82, 2.24) is 0 Å². The molecule has 32 heavy (non-hydrogen) atoms. The molecule has 1 saturated carbocycles. The summed E-state index contributed by atoms with van der Waals surface area (Å²) in [4.78, 5) is 38.0. The second kappa shape index (κ2) is 6.59. The zero-order valence-corrected chi connectivity index (χ0v) is 17.4. The molecule has 0 spiro atoms. The SMILES string of the molecule is C[C@@H]1C(=O)C(C(N)=O)=C(O)[C@@]2(O)C(=O)C3=C(O)c4c(cc5c(c4O)CCCN5)C[C@H]3C[C@@H]12. The molecule has 5 rings (SSSR count). The summed E-state index contributed by atoms with van der Waals surface area (Å²) < 4.78 is 0. The van der Waals surface area contributed by atoms with Crippen molar-refractivity contribution >= 4 is 28.9 Å². The van der Waals surface area contributed by atoms with Gasteiger partial charge < -0.3 is 31.5 Å². The number of carbonyl (C=O) groups excluding carboxylic acids is 3. The lowest BCUT2D eigenvalue weighted by atomic mass is 9.56. The van der Waals surface area contributed by atoms with Gasteiger partial charge in [-0.15, -0.1) is 0 Å². The molecule has 168 valence electrons. The number of benzene rings is 1. The van der Waals surface area contributed by atoms with E-state index in [4.69, 9.17) is 5.73 Å². The summed E-state index contributed by atoms with van der Waals surface area (Å²) in [5.74, 6) is -7.01. The minimum Gasteiger partial charge on any atom is -0.508 e. The van der Waals surface area contributed by atoms with Gasteiger partial charge in [-0.3, -0.25) is 14.4 Å². The van der Waals surface area contributed by atoms with Gasteiger partial charge in [-0.25, -0.2) is 0 Å². The Morgan fingerprint density at radius 2 is 1.97 bits per heavy atom. The van der Waals surface area contributed by atoms with Crippen molar-refractivity contribution in [3.8, 4) is 5.75 Å². The Hall–Kier alpha value is -3.33. The Morgan fingerprint density at radius 1 is 1.25 bits per heavy atom. The number of amides is 1. The highest BCUT2D eigenvalue weighted by molar-refractivity contribution is 6.23. The number of fused-ring (bicyclic) bond motifs is 4. The molecule has 4 atom stereocenters. The van der Waals surface area contributed by atoms with Gasteiger partial charge in [0.05, 0.1) is 5.56 Å². The zero-order chi connectivity index (χ0) is 23.1. The lowest BCUT2D eigenvalue weighted by Crippen LogP contribution is -2.60. The van der Waals surface area contributed by atoms with Crippen LogP contribution in [0, 0.1) is 17.8 Å². The van der Waals surface area contributed by atoms with Crippen LogP contribution in [0.5, 0.6) is 5.75 Å². The number of nitrogens with two attached hydrogens (primary N) is 1. The van der Waals surface area contributed by atoms with Gasteiger partial charge in [0.25, 0.3) is 5.91 Å². The van der Waals surface area contributed by atoms with E-state index >= 15 is 0 Å². The molecule has 1 fully saturated rings. The summed E-state index contributed by atoms with van der Waals surface area (Å²) in [6.07, 6.45) is 1.84. The molecule has 1 aromatic rings. The molecule has 1 aliphatic heterocycles. The molecular weight excluding hydrogens is 416 g/mol. The monoisotopic (exact) mass is 440 g/mol. The van der Waals surface area contributed by atoms with Gasteiger partial charge in [0.1, 0.15) is 22.8 Å². The molecule has 1 amide bonds. The summed E-state index contributed by atoms with van der Waals surface area (Å²) in [6, 6.07) is 1.86. The molecule has 9 heteroatoms. The number of carbonyl (C=O) groups is 3. The van der Waals surface area contributed by atoms with E-state index in [1.54, 1.807) is 0 Å². The quantitative estimate of drug-likeness (QED) is 0.352. The number of ketones is 2. The van der Waals surface area contributed by atoms with Gasteiger partial charge >= 0.3 is 0 Å². The summed E-state index contributed by atoms with van der Waals surface area (Å²) in [5.41, 5.74) is 4.02. The fourth-order valence-electron chi connectivity index (χ4n) is 5.93. The van der Waals surface area contributed by atoms with Crippen molar-refractivity contribution in [2.75, 3.05) is 11.9 Å². The Labute approximate surface area is 183 Å². The molecule has 0 unspecified atom stereocenters. The summed E-state index contributed by atoms with van der Waals surface area (Å²) in [5, 5.41) is 47.3. The van der Waals surface area contributed by atoms with Crippen molar-refractivity contribution in [3.05, 3.63) is 39.7 Å². The molecular formula is C23H24N2O7. The maximum atomic E-state index is 13.5. The Kier molecular flexibility index (Phi) is 4.23. The fourth-order valence-corrected chi connectivity index (χ4v) is 5.93. The molecule has 0 aromatic heterocycles. The van der Waals surface area contributed by atoms with Crippen LogP contribution in [-0.4, -0.2) is 50.0 Å². The van der Waals surface area contributed by atoms with E-state index in [1.165, 1.54) is 6.92 Å². The van der Waals surface area contributed by atoms with E-state index in [-0.39, 0.29) is 23.3 Å². The maximum Gasteiger partial charge on any atom is 0.255 e. The number of anilines is 1. The molecule has 4 aliphatic rings. The van der Waals surface area contributed by atoms with Crippen LogP contribution in [0.4, 0.5) is 5.69 Å². The number of primary amides is 1. The molecule has 1 heterocycles. The van der Waals surface area contributed by atoms with Crippen LogP contribution < -0.4 is 11.1 Å². The normalized spacial score (nSPS) is 31.4. The Balaban J connectivity index is 1.72. The maximum absolute atomic E-state index is 13.5. The number of aromatic hydroxyl groups is 1. The average Bonchev–Trinajstić information content (AvgIpc) is 2.74. The van der Waals surface area contributed by atoms with E-state index in [1.807, 2.05) is 6.07 Å². The van der Waals surface area contributed by atoms with Gasteiger partial charge in [0.15, 0.2) is 11.4 Å². The molecule has 7 N–H and O–H groups in total. The molecule has 0 bridgehead atoms. The Morgan fingerprint density at radius 3 is 2.66 bits per heavy atom. The van der Waals surface area contributed by atoms with Crippen molar-refractivity contribution in [1.29, 1.82) is 0 Å². The van der Waals surface area contributed by atoms with Crippen molar-refractivity contribution in [2.45, 2.75) is 38.2 Å². The molecule has 1 aromatic carbocycles. The van der Waals surface area contributed by atoms with Crippen LogP contribution in [0.1, 0.15) is 36.5 Å². The molecule has 0 saturated heterocycles. The van der Waals surface area contributed by atoms with Gasteiger partial charge in [-0.2, -0.15) is 0 Å². The van der Waals surface area contributed by atoms with Crippen LogP contribution in [0.25, 0.3) is 5.76 Å². The lowest BCUT2D eigenvalue weighted by Gasteiger charge is -2.48. The van der Waals surface area contributed by atoms with Crippen LogP contribution in [0.3, 0.4) is 0 Å². The summed E-state index contributed by atoms with van der Waals surface area (Å²) >= 11 is 0. The first kappa shape index (κ1) is 20.6. The van der Waals surface area contributed by atoms with E-state index in [0.717, 1.165) is 18.7 Å². The summed E-state index contributed by atoms with van der Waals surface area (Å²) in [6.45, 7) is 2.25. The average molecular weight is 440 g/mol. The number of rotatable bonds is 1. The number of hydrogen-bond acceptors (Lipinski definition) is 8. The smallest absolute Gasteiger partial charge is 0.255 e. The first-order valence-corrected chi connectivity index (χ1v) is 10.7. The van der Waals surface area contributed by atoms with Crippen molar-refractivity contribution in [3.63, 3.8) is 0 Å². The number of hydrogen-bond donors (Lipinski definition) is 6. The number of phenolic OH excluding ortho intramolecular Hbond substituents is 1.